The van der Waals surface area contributed by atoms with Gasteiger partial charge in [-0.25, -0.2) is 0 Å². The molecule has 0 bridgehead atoms. The van der Waals surface area contributed by atoms with Crippen molar-refractivity contribution in [1.29, 1.82) is 0 Å². The minimum absolute atomic E-state index is 0.0688. The highest BCUT2D eigenvalue weighted by Crippen LogP contribution is 3.25. The predicted molar refractivity (Wildman–Crippen MR) is 479 cm³/mol. The molecule has 0 N–H and O–H groups in total. The SMILES string of the molecule is CC1(C)OB(c2cccc(-n3c4ccccc4c4ccccc43)c2)OC1(C)C.O=c1c2ccccc2sc2ccc(-c3cccc(-n4c5ccccc5c5ccccc54)c3)cc12.O=c1c2ccccc2sc2ccc(Br)cc12.PPP(P(P)P)P(P(P)P)P(P(P)P)P(P)P. The summed E-state index contributed by atoms with van der Waals surface area (Å²) in [6.45, 7) is 9.26. The van der Waals surface area contributed by atoms with E-state index in [1.165, 1.54) is 43.6 Å². The fourth-order valence-corrected chi connectivity index (χ4v) is 203. The molecule has 1 aliphatic rings. The molecule has 12 unspecified atom stereocenters. The Balaban J connectivity index is 0.000000128. The molecular weight excluding hydrogens is 1590 g/mol. The Labute approximate surface area is 602 Å². The fraction of sp³-hybridized carbons (Fsp3) is 0.0882. The summed E-state index contributed by atoms with van der Waals surface area (Å²) in [6.07, 6.45) is 0. The molecular formula is C68H69BBrN2O4P17S2. The zero-order valence-corrected chi connectivity index (χ0v) is 72.9. The van der Waals surface area contributed by atoms with E-state index in [9.17, 15) is 9.59 Å². The van der Waals surface area contributed by atoms with Crippen LogP contribution in [0.2, 0.25) is 0 Å². The molecule has 0 aliphatic carbocycles. The van der Waals surface area contributed by atoms with Gasteiger partial charge in [0.05, 0.1) is 33.3 Å². The Hall–Kier alpha value is -0.645. The van der Waals surface area contributed by atoms with Crippen LogP contribution in [-0.2, 0) is 9.31 Å². The van der Waals surface area contributed by atoms with Gasteiger partial charge < -0.3 is 18.4 Å². The smallest absolute Gasteiger partial charge is 0.399 e. The molecule has 1 fully saturated rings. The van der Waals surface area contributed by atoms with E-state index in [-0.39, 0.29) is 78.1 Å². The molecule has 15 rings (SSSR count). The second-order valence-electron chi connectivity index (χ2n) is 23.2. The van der Waals surface area contributed by atoms with Crippen molar-refractivity contribution in [1.82, 2.24) is 9.13 Å². The summed E-state index contributed by atoms with van der Waals surface area (Å²) in [5.74, 6) is 0. The van der Waals surface area contributed by atoms with E-state index >= 15 is 0 Å². The maximum absolute atomic E-state index is 13.2. The molecule has 10 aromatic carbocycles. The van der Waals surface area contributed by atoms with Gasteiger partial charge in [0.15, 0.2) is 10.9 Å². The molecule has 14 aromatic rings. The fourth-order valence-electron chi connectivity index (χ4n) is 11.6. The van der Waals surface area contributed by atoms with Crippen LogP contribution in [-0.4, -0.2) is 27.5 Å². The average molecular weight is 1660 g/mol. The Morgan fingerprint density at radius 2 is 0.779 bits per heavy atom. The van der Waals surface area contributed by atoms with Crippen molar-refractivity contribution in [2.24, 2.45) is 0 Å². The Morgan fingerprint density at radius 1 is 0.400 bits per heavy atom. The minimum Gasteiger partial charge on any atom is -0.399 e. The van der Waals surface area contributed by atoms with Crippen LogP contribution in [0.5, 0.6) is 0 Å². The maximum atomic E-state index is 13.2. The maximum Gasteiger partial charge on any atom is 0.494 e. The molecule has 0 amide bonds. The van der Waals surface area contributed by atoms with Crippen LogP contribution in [0.25, 0.3) is 106 Å². The second-order valence-corrected chi connectivity index (χ2v) is 90.6. The van der Waals surface area contributed by atoms with Crippen molar-refractivity contribution in [2.45, 2.75) is 38.9 Å². The summed E-state index contributed by atoms with van der Waals surface area (Å²) in [7, 11) is 28.6. The normalized spacial score (nSPS) is 14.5. The predicted octanol–water partition coefficient (Wildman–Crippen LogP) is 27.0. The monoisotopic (exact) mass is 1660 g/mol. The molecule has 1 saturated heterocycles. The first-order valence-electron chi connectivity index (χ1n) is 29.8. The van der Waals surface area contributed by atoms with Crippen LogP contribution in [0.4, 0.5) is 0 Å². The Bertz CT molecular complexity index is 5160. The Kier molecular flexibility index (Phi) is 25.4. The van der Waals surface area contributed by atoms with Gasteiger partial charge in [-0.15, -0.1) is 103 Å². The average Bonchev–Trinajstić information content (AvgIpc) is 1.69. The van der Waals surface area contributed by atoms with Gasteiger partial charge >= 0.3 is 7.12 Å². The number of halogens is 1. The van der Waals surface area contributed by atoms with E-state index in [4.69, 9.17) is 9.31 Å². The third-order valence-electron chi connectivity index (χ3n) is 16.6. The van der Waals surface area contributed by atoms with E-state index in [0.29, 0.717) is 0 Å². The first-order valence-corrected chi connectivity index (χ1v) is 62.4. The third-order valence-corrected chi connectivity index (χ3v) is 122. The summed E-state index contributed by atoms with van der Waals surface area (Å²) >= 11 is 6.72. The summed E-state index contributed by atoms with van der Waals surface area (Å²) in [4.78, 5) is 25.4. The molecule has 482 valence electrons. The molecule has 95 heavy (non-hydrogen) atoms. The Morgan fingerprint density at radius 3 is 1.22 bits per heavy atom. The number of fused-ring (bicyclic) bond motifs is 10. The number of rotatable bonds is 11. The summed E-state index contributed by atoms with van der Waals surface area (Å²) < 4.78 is 22.2. The van der Waals surface area contributed by atoms with Gasteiger partial charge in [0.25, 0.3) is 0 Å². The third kappa shape index (κ3) is 16.0. The highest BCUT2D eigenvalue weighted by molar-refractivity contribution is 9.31. The van der Waals surface area contributed by atoms with Crippen molar-refractivity contribution in [3.05, 3.63) is 255 Å². The molecule has 4 aromatic heterocycles. The van der Waals surface area contributed by atoms with Crippen LogP contribution in [0, 0.1) is 0 Å². The van der Waals surface area contributed by atoms with Crippen LogP contribution in [0.3, 0.4) is 0 Å². The molecule has 0 saturated carbocycles. The van der Waals surface area contributed by atoms with Gasteiger partial charge in [-0.3, -0.25) is 9.59 Å². The first kappa shape index (κ1) is 74.1. The zero-order valence-electron chi connectivity index (χ0n) is 52.1. The number of para-hydroxylation sites is 4. The van der Waals surface area contributed by atoms with E-state index in [2.05, 4.69) is 291 Å². The quantitative estimate of drug-likeness (QED) is 0.0735. The van der Waals surface area contributed by atoms with E-state index in [0.717, 1.165) is 80.7 Å². The topological polar surface area (TPSA) is 62.5 Å². The number of benzene rings is 10. The van der Waals surface area contributed by atoms with Gasteiger partial charge in [0.2, 0.25) is 0 Å². The van der Waals surface area contributed by atoms with Crippen molar-refractivity contribution in [3.8, 4) is 22.5 Å². The van der Waals surface area contributed by atoms with Crippen molar-refractivity contribution in [3.63, 3.8) is 0 Å². The number of aromatic nitrogens is 2. The van der Waals surface area contributed by atoms with E-state index in [1.54, 1.807) is 22.7 Å². The van der Waals surface area contributed by atoms with Gasteiger partial charge in [-0.05, 0) is 196 Å². The lowest BCUT2D eigenvalue weighted by atomic mass is 9.79. The number of hydrogen-bond donors (Lipinski definition) is 0. The van der Waals surface area contributed by atoms with E-state index in [1.807, 2.05) is 72.8 Å². The summed E-state index contributed by atoms with van der Waals surface area (Å²) in [6, 6.07) is 78.9. The minimum atomic E-state index is -0.363. The molecule has 5 heterocycles. The van der Waals surface area contributed by atoms with Gasteiger partial charge in [0.1, 0.15) is 0 Å². The lowest BCUT2D eigenvalue weighted by Gasteiger charge is -2.41. The number of hydrogen-bond acceptors (Lipinski definition) is 6. The summed E-state index contributed by atoms with van der Waals surface area (Å²) in [5, 5.41) is 8.19. The number of nitrogens with zero attached hydrogens (tertiary/aromatic N) is 2. The largest absolute Gasteiger partial charge is 0.494 e. The highest BCUT2D eigenvalue weighted by Gasteiger charge is 2.51. The highest BCUT2D eigenvalue weighted by atomic mass is 79.9. The van der Waals surface area contributed by atoms with Crippen molar-refractivity contribution >= 4 is 272 Å². The summed E-state index contributed by atoms with van der Waals surface area (Å²) in [5.41, 5.74) is 9.72. The van der Waals surface area contributed by atoms with Gasteiger partial charge in [-0.2, -0.15) is 0 Å². The van der Waals surface area contributed by atoms with Crippen molar-refractivity contribution in [2.75, 3.05) is 0 Å². The standard InChI is InChI=1S/C31H19NOS.C24H24BNO2.C13H7BrOS.H19P17/c33-31-25-12-3-6-15-29(25)34-30-17-16-21(19-26(30)31)20-8-7-9-22(18-20)32-27-13-4-1-10-23(27)24-11-2-5-14-28(24)32;1-23(2)24(3,4)28-25(27-23)17-10-9-11-18(16-17)26-21-14-7-5-12-19(21)20-13-6-8-15-22(20)26;14-8-5-6-12-10(7-8)13(15)9-3-1-2-4-11(9)16-12;1-10-15(11(2)3)17(14(8)9)16(12(4)5)13(6)7/h1-19H;5-16H,1-4H3;1-7H;10H,1-9H2. The van der Waals surface area contributed by atoms with E-state index < -0.39 is 0 Å². The molecule has 12 atom stereocenters. The van der Waals surface area contributed by atoms with Crippen LogP contribution < -0.4 is 16.3 Å². The van der Waals surface area contributed by atoms with Gasteiger partial charge in [0, 0.05) is 77.7 Å². The van der Waals surface area contributed by atoms with Gasteiger partial charge in [-0.1, -0.05) is 151 Å². The van der Waals surface area contributed by atoms with Crippen LogP contribution in [0.1, 0.15) is 27.7 Å². The second kappa shape index (κ2) is 32.6. The zero-order chi connectivity index (χ0) is 67.0. The molecule has 0 spiro atoms. The lowest BCUT2D eigenvalue weighted by molar-refractivity contribution is 0.00578. The van der Waals surface area contributed by atoms with Crippen LogP contribution >= 0.6 is 176 Å². The molecule has 0 radical (unpaired) electrons. The lowest BCUT2D eigenvalue weighted by Crippen LogP contribution is -2.41. The molecule has 6 nitrogen and oxygen atoms in total. The molecule has 1 aliphatic heterocycles. The van der Waals surface area contributed by atoms with Crippen molar-refractivity contribution < 1.29 is 9.31 Å². The molecule has 27 heteroatoms. The van der Waals surface area contributed by atoms with Crippen LogP contribution in [0.15, 0.2) is 245 Å². The first-order chi connectivity index (χ1) is 45.6.